The van der Waals surface area contributed by atoms with E-state index in [0.717, 1.165) is 23.6 Å². The molecule has 2 rings (SSSR count). The van der Waals surface area contributed by atoms with Gasteiger partial charge < -0.3 is 19.2 Å². The Kier molecular flexibility index (Phi) is 4.79. The Hall–Kier alpha value is -1.81. The number of benzene rings is 1. The zero-order valence-electron chi connectivity index (χ0n) is 11.8. The van der Waals surface area contributed by atoms with Gasteiger partial charge in [0.2, 0.25) is 0 Å². The van der Waals surface area contributed by atoms with Crippen molar-refractivity contribution in [1.29, 1.82) is 0 Å². The summed E-state index contributed by atoms with van der Waals surface area (Å²) in [6, 6.07) is 7.48. The van der Waals surface area contributed by atoms with Crippen LogP contribution in [0.4, 0.5) is 5.69 Å². The lowest BCUT2D eigenvalue weighted by molar-refractivity contribution is 0.395. The second kappa shape index (κ2) is 6.57. The number of methoxy groups -OCH3 is 2. The van der Waals surface area contributed by atoms with Gasteiger partial charge in [-0.05, 0) is 18.2 Å². The third kappa shape index (κ3) is 3.20. The lowest BCUT2D eigenvalue weighted by Gasteiger charge is -2.13. The summed E-state index contributed by atoms with van der Waals surface area (Å²) in [5.41, 5.74) is 0.799. The van der Waals surface area contributed by atoms with Gasteiger partial charge in [0.15, 0.2) is 0 Å². The molecule has 1 aromatic carbocycles. The maximum Gasteiger partial charge on any atom is 0.145 e. The first-order chi connectivity index (χ1) is 9.67. The first-order valence-corrected chi connectivity index (χ1v) is 6.78. The van der Waals surface area contributed by atoms with Gasteiger partial charge in [0, 0.05) is 12.5 Å². The van der Waals surface area contributed by atoms with Gasteiger partial charge >= 0.3 is 0 Å². The molecule has 1 N–H and O–H groups in total. The molecule has 0 atom stereocenters. The van der Waals surface area contributed by atoms with Gasteiger partial charge in [-0.3, -0.25) is 0 Å². The van der Waals surface area contributed by atoms with Crippen molar-refractivity contribution in [3.63, 3.8) is 0 Å². The van der Waals surface area contributed by atoms with Gasteiger partial charge in [0.05, 0.1) is 31.5 Å². The number of ether oxygens (including phenoxy) is 2. The molecule has 0 spiro atoms. The van der Waals surface area contributed by atoms with Crippen molar-refractivity contribution in [2.45, 2.75) is 19.9 Å². The summed E-state index contributed by atoms with van der Waals surface area (Å²) in [5, 5.41) is 3.78. The molecule has 1 heterocycles. The van der Waals surface area contributed by atoms with Gasteiger partial charge in [-0.25, -0.2) is 0 Å². The van der Waals surface area contributed by atoms with Gasteiger partial charge in [-0.1, -0.05) is 18.5 Å². The van der Waals surface area contributed by atoms with E-state index in [1.165, 1.54) is 0 Å². The summed E-state index contributed by atoms with van der Waals surface area (Å²) < 4.78 is 16.1. The first-order valence-electron chi connectivity index (χ1n) is 6.41. The molecule has 2 aromatic rings. The molecule has 1 aromatic heterocycles. The quantitative estimate of drug-likeness (QED) is 0.870. The highest BCUT2D eigenvalue weighted by atomic mass is 35.5. The first kappa shape index (κ1) is 14.6. The van der Waals surface area contributed by atoms with Crippen LogP contribution in [0.15, 0.2) is 28.7 Å². The Morgan fingerprint density at radius 3 is 2.40 bits per heavy atom. The normalized spacial score (nSPS) is 10.4. The SMILES string of the molecule is CCc1ccc(CNc2cc(Cl)c(OC)cc2OC)o1. The van der Waals surface area contributed by atoms with E-state index >= 15 is 0 Å². The van der Waals surface area contributed by atoms with E-state index in [1.54, 1.807) is 26.4 Å². The molecular weight excluding hydrogens is 278 g/mol. The van der Waals surface area contributed by atoms with Crippen molar-refractivity contribution < 1.29 is 13.9 Å². The molecule has 0 aliphatic heterocycles. The predicted octanol–water partition coefficient (Wildman–Crippen LogP) is 4.12. The summed E-state index contributed by atoms with van der Waals surface area (Å²) in [5.74, 6) is 3.10. The Morgan fingerprint density at radius 1 is 1.10 bits per heavy atom. The van der Waals surface area contributed by atoms with Gasteiger partial charge in [0.25, 0.3) is 0 Å². The average Bonchev–Trinajstić information content (AvgIpc) is 2.93. The second-order valence-corrected chi connectivity index (χ2v) is 4.67. The Morgan fingerprint density at radius 2 is 1.80 bits per heavy atom. The summed E-state index contributed by atoms with van der Waals surface area (Å²) in [6.45, 7) is 2.63. The number of furan rings is 1. The zero-order valence-corrected chi connectivity index (χ0v) is 12.6. The van der Waals surface area contributed by atoms with Crippen molar-refractivity contribution in [3.8, 4) is 11.5 Å². The summed E-state index contributed by atoms with van der Waals surface area (Å²) >= 11 is 6.12. The van der Waals surface area contributed by atoms with Crippen LogP contribution >= 0.6 is 11.6 Å². The standard InChI is InChI=1S/C15H18ClNO3/c1-4-10-5-6-11(20-10)9-17-13-7-12(16)14(18-2)8-15(13)19-3/h5-8,17H,4,9H2,1-3H3. The minimum absolute atomic E-state index is 0.532. The number of aryl methyl sites for hydroxylation is 1. The highest BCUT2D eigenvalue weighted by Crippen LogP contribution is 2.36. The van der Waals surface area contributed by atoms with E-state index in [1.807, 2.05) is 12.1 Å². The van der Waals surface area contributed by atoms with Crippen LogP contribution < -0.4 is 14.8 Å². The van der Waals surface area contributed by atoms with E-state index < -0.39 is 0 Å². The van der Waals surface area contributed by atoms with Gasteiger partial charge in [0.1, 0.15) is 23.0 Å². The Balaban J connectivity index is 2.14. The van der Waals surface area contributed by atoms with Crippen molar-refractivity contribution in [2.24, 2.45) is 0 Å². The maximum atomic E-state index is 6.12. The van der Waals surface area contributed by atoms with Gasteiger partial charge in [-0.2, -0.15) is 0 Å². The molecule has 108 valence electrons. The Bertz CT molecular complexity index is 580. The number of hydrogen-bond acceptors (Lipinski definition) is 4. The van der Waals surface area contributed by atoms with Crippen LogP contribution in [0.1, 0.15) is 18.4 Å². The molecule has 0 unspecified atom stereocenters. The van der Waals surface area contributed by atoms with E-state index in [9.17, 15) is 0 Å². The maximum absolute atomic E-state index is 6.12. The van der Waals surface area contributed by atoms with Gasteiger partial charge in [-0.15, -0.1) is 0 Å². The molecule has 4 nitrogen and oxygen atoms in total. The third-order valence-corrected chi connectivity index (χ3v) is 3.29. The molecule has 0 aliphatic rings. The number of anilines is 1. The molecule has 0 aliphatic carbocycles. The van der Waals surface area contributed by atoms with E-state index in [0.29, 0.717) is 23.1 Å². The molecule has 0 amide bonds. The van der Waals surface area contributed by atoms with Crippen LogP contribution in [0.2, 0.25) is 5.02 Å². The minimum Gasteiger partial charge on any atom is -0.495 e. The number of hydrogen-bond donors (Lipinski definition) is 1. The molecule has 0 saturated heterocycles. The highest BCUT2D eigenvalue weighted by Gasteiger charge is 2.10. The Labute approximate surface area is 123 Å². The van der Waals surface area contributed by atoms with Crippen molar-refractivity contribution >= 4 is 17.3 Å². The van der Waals surface area contributed by atoms with Crippen molar-refractivity contribution in [3.05, 3.63) is 40.8 Å². The molecule has 0 fully saturated rings. The fourth-order valence-electron chi connectivity index (χ4n) is 1.89. The molecule has 0 saturated carbocycles. The van der Waals surface area contributed by atoms with Crippen LogP contribution in [0.3, 0.4) is 0 Å². The van der Waals surface area contributed by atoms with Crippen LogP contribution in [0.5, 0.6) is 11.5 Å². The number of nitrogens with one attached hydrogen (secondary N) is 1. The largest absolute Gasteiger partial charge is 0.495 e. The third-order valence-electron chi connectivity index (χ3n) is 2.99. The number of rotatable bonds is 6. The second-order valence-electron chi connectivity index (χ2n) is 4.26. The average molecular weight is 296 g/mol. The monoisotopic (exact) mass is 295 g/mol. The molecule has 5 heteroatoms. The lowest BCUT2D eigenvalue weighted by Crippen LogP contribution is -2.01. The van der Waals surface area contributed by atoms with Crippen molar-refractivity contribution in [2.75, 3.05) is 19.5 Å². The minimum atomic E-state index is 0.532. The van der Waals surface area contributed by atoms with Crippen LogP contribution in [-0.2, 0) is 13.0 Å². The fourth-order valence-corrected chi connectivity index (χ4v) is 2.13. The van der Waals surface area contributed by atoms with Crippen molar-refractivity contribution in [1.82, 2.24) is 0 Å². The zero-order chi connectivity index (χ0) is 14.5. The van der Waals surface area contributed by atoms with Crippen LogP contribution in [0, 0.1) is 0 Å². The molecule has 0 bridgehead atoms. The van der Waals surface area contributed by atoms with E-state index in [-0.39, 0.29) is 0 Å². The molecular formula is C15H18ClNO3. The number of halogens is 1. The van der Waals surface area contributed by atoms with E-state index in [2.05, 4.69) is 12.2 Å². The van der Waals surface area contributed by atoms with Crippen LogP contribution in [0.25, 0.3) is 0 Å². The molecule has 20 heavy (non-hydrogen) atoms. The predicted molar refractivity (Wildman–Crippen MR) is 80.0 cm³/mol. The highest BCUT2D eigenvalue weighted by molar-refractivity contribution is 6.32. The molecule has 0 radical (unpaired) electrons. The fraction of sp³-hybridized carbons (Fsp3) is 0.333. The topological polar surface area (TPSA) is 43.6 Å². The smallest absolute Gasteiger partial charge is 0.145 e. The summed E-state index contributed by atoms with van der Waals surface area (Å²) in [6.07, 6.45) is 0.887. The summed E-state index contributed by atoms with van der Waals surface area (Å²) in [4.78, 5) is 0. The van der Waals surface area contributed by atoms with Crippen LogP contribution in [-0.4, -0.2) is 14.2 Å². The lowest BCUT2D eigenvalue weighted by atomic mass is 10.2. The van der Waals surface area contributed by atoms with E-state index in [4.69, 9.17) is 25.5 Å². The summed E-state index contributed by atoms with van der Waals surface area (Å²) in [7, 11) is 3.18.